The summed E-state index contributed by atoms with van der Waals surface area (Å²) in [5.41, 5.74) is -1.82. The Morgan fingerprint density at radius 3 is 2.20 bits per heavy atom. The molecule has 0 radical (unpaired) electrons. The van der Waals surface area contributed by atoms with Crippen molar-refractivity contribution in [2.45, 2.75) is 24.9 Å². The van der Waals surface area contributed by atoms with Crippen molar-refractivity contribution >= 4 is 11.9 Å². The first-order valence-corrected chi connectivity index (χ1v) is 4.48. The molecule has 0 spiro atoms. The molecular formula is C9H16O6. The molecule has 0 saturated carbocycles. The molecule has 0 aliphatic carbocycles. The van der Waals surface area contributed by atoms with Crippen molar-refractivity contribution in [2.75, 3.05) is 20.8 Å². The average molecular weight is 220 g/mol. The highest BCUT2D eigenvalue weighted by Crippen LogP contribution is 2.19. The maximum atomic E-state index is 11.2. The molecule has 1 atom stereocenters. The van der Waals surface area contributed by atoms with E-state index < -0.39 is 17.5 Å². The molecule has 15 heavy (non-hydrogen) atoms. The Kier molecular flexibility index (Phi) is 5.88. The number of carbonyl (C=O) groups is 2. The molecule has 0 heterocycles. The smallest absolute Gasteiger partial charge is 0.337 e. The number of ether oxygens (including phenoxy) is 2. The van der Waals surface area contributed by atoms with Gasteiger partial charge in [-0.05, 0) is 6.42 Å². The van der Waals surface area contributed by atoms with E-state index in [1.54, 1.807) is 0 Å². The monoisotopic (exact) mass is 220 g/mol. The lowest BCUT2D eigenvalue weighted by Gasteiger charge is -2.23. The van der Waals surface area contributed by atoms with Gasteiger partial charge < -0.3 is 19.7 Å². The first-order valence-electron chi connectivity index (χ1n) is 4.48. The van der Waals surface area contributed by atoms with Crippen molar-refractivity contribution in [3.8, 4) is 0 Å². The van der Waals surface area contributed by atoms with Crippen LogP contribution in [0.5, 0.6) is 0 Å². The molecule has 0 saturated heterocycles. The van der Waals surface area contributed by atoms with E-state index in [1.165, 1.54) is 7.11 Å². The predicted molar refractivity (Wildman–Crippen MR) is 49.9 cm³/mol. The molecule has 0 rings (SSSR count). The minimum absolute atomic E-state index is 0.109. The number of methoxy groups -OCH3 is 2. The van der Waals surface area contributed by atoms with E-state index in [2.05, 4.69) is 9.47 Å². The molecule has 0 aromatic carbocycles. The number of hydrogen-bond donors (Lipinski definition) is 2. The zero-order valence-corrected chi connectivity index (χ0v) is 8.86. The van der Waals surface area contributed by atoms with Gasteiger partial charge >= 0.3 is 11.9 Å². The molecule has 6 nitrogen and oxygen atoms in total. The number of esters is 2. The molecule has 2 N–H and O–H groups in total. The second kappa shape index (κ2) is 6.36. The summed E-state index contributed by atoms with van der Waals surface area (Å²) in [7, 11) is 2.34. The van der Waals surface area contributed by atoms with Gasteiger partial charge in [-0.3, -0.25) is 4.79 Å². The first-order chi connectivity index (χ1) is 7.00. The highest BCUT2D eigenvalue weighted by molar-refractivity contribution is 5.80. The number of aliphatic hydroxyl groups is 2. The first kappa shape index (κ1) is 13.9. The minimum Gasteiger partial charge on any atom is -0.469 e. The zero-order valence-electron chi connectivity index (χ0n) is 8.86. The van der Waals surface area contributed by atoms with Gasteiger partial charge in [0, 0.05) is 19.4 Å². The maximum absolute atomic E-state index is 11.2. The molecule has 0 aliphatic heterocycles. The van der Waals surface area contributed by atoms with Crippen LogP contribution in [0.15, 0.2) is 0 Å². The third-order valence-corrected chi connectivity index (χ3v) is 2.06. The summed E-state index contributed by atoms with van der Waals surface area (Å²) in [6.07, 6.45) is -0.411. The summed E-state index contributed by atoms with van der Waals surface area (Å²) in [5, 5.41) is 18.5. The maximum Gasteiger partial charge on any atom is 0.337 e. The van der Waals surface area contributed by atoms with Gasteiger partial charge in [-0.1, -0.05) is 0 Å². The van der Waals surface area contributed by atoms with Gasteiger partial charge in [0.05, 0.1) is 14.2 Å². The Morgan fingerprint density at radius 2 is 1.80 bits per heavy atom. The Bertz CT molecular complexity index is 227. The molecule has 0 amide bonds. The zero-order chi connectivity index (χ0) is 11.9. The Balaban J connectivity index is 4.37. The highest BCUT2D eigenvalue weighted by Gasteiger charge is 2.36. The van der Waals surface area contributed by atoms with Crippen LogP contribution in [-0.4, -0.2) is 48.6 Å². The molecule has 0 aromatic heterocycles. The molecule has 0 unspecified atom stereocenters. The van der Waals surface area contributed by atoms with Crippen molar-refractivity contribution in [1.82, 2.24) is 0 Å². The summed E-state index contributed by atoms with van der Waals surface area (Å²) in [5.74, 6) is -1.39. The summed E-state index contributed by atoms with van der Waals surface area (Å²) in [6, 6.07) is 0. The average Bonchev–Trinajstić information content (AvgIpc) is 2.25. The van der Waals surface area contributed by atoms with Gasteiger partial charge in [-0.25, -0.2) is 4.79 Å². The van der Waals surface area contributed by atoms with Crippen molar-refractivity contribution < 1.29 is 29.3 Å². The van der Waals surface area contributed by atoms with Gasteiger partial charge in [0.25, 0.3) is 0 Å². The fourth-order valence-corrected chi connectivity index (χ4v) is 1.11. The second-order valence-corrected chi connectivity index (χ2v) is 3.07. The molecule has 0 fully saturated rings. The third-order valence-electron chi connectivity index (χ3n) is 2.06. The van der Waals surface area contributed by atoms with Crippen LogP contribution in [0.3, 0.4) is 0 Å². The highest BCUT2D eigenvalue weighted by atomic mass is 16.5. The van der Waals surface area contributed by atoms with Crippen LogP contribution >= 0.6 is 0 Å². The topological polar surface area (TPSA) is 93.1 Å². The summed E-state index contributed by atoms with van der Waals surface area (Å²) in [6.45, 7) is -0.368. The second-order valence-electron chi connectivity index (χ2n) is 3.07. The quantitative estimate of drug-likeness (QED) is 0.571. The number of aliphatic hydroxyl groups excluding tert-OH is 1. The largest absolute Gasteiger partial charge is 0.469 e. The number of rotatable bonds is 6. The lowest BCUT2D eigenvalue weighted by molar-refractivity contribution is -0.166. The van der Waals surface area contributed by atoms with Gasteiger partial charge in [-0.2, -0.15) is 0 Å². The minimum atomic E-state index is -1.82. The Morgan fingerprint density at radius 1 is 1.20 bits per heavy atom. The van der Waals surface area contributed by atoms with E-state index in [1.807, 2.05) is 0 Å². The van der Waals surface area contributed by atoms with E-state index in [0.29, 0.717) is 0 Å². The molecule has 0 aliphatic rings. The van der Waals surface area contributed by atoms with Gasteiger partial charge in [0.1, 0.15) is 0 Å². The van der Waals surface area contributed by atoms with Crippen molar-refractivity contribution in [3.05, 3.63) is 0 Å². The van der Waals surface area contributed by atoms with Crippen LogP contribution in [0.4, 0.5) is 0 Å². The fourth-order valence-electron chi connectivity index (χ4n) is 1.11. The lowest BCUT2D eigenvalue weighted by Crippen LogP contribution is -2.41. The van der Waals surface area contributed by atoms with Crippen molar-refractivity contribution in [1.29, 1.82) is 0 Å². The fraction of sp³-hybridized carbons (Fsp3) is 0.778. The van der Waals surface area contributed by atoms with Crippen molar-refractivity contribution in [2.24, 2.45) is 0 Å². The van der Waals surface area contributed by atoms with Crippen LogP contribution < -0.4 is 0 Å². The van der Waals surface area contributed by atoms with E-state index in [0.717, 1.165) is 7.11 Å². The Labute approximate surface area is 87.8 Å². The van der Waals surface area contributed by atoms with Crippen LogP contribution in [-0.2, 0) is 19.1 Å². The normalized spacial score (nSPS) is 14.1. The van der Waals surface area contributed by atoms with Crippen molar-refractivity contribution in [3.63, 3.8) is 0 Å². The van der Waals surface area contributed by atoms with Crippen LogP contribution in [0.1, 0.15) is 19.3 Å². The van der Waals surface area contributed by atoms with E-state index in [9.17, 15) is 14.7 Å². The SMILES string of the molecule is COC(=O)CC[C@@](O)(CCO)C(=O)OC. The molecule has 6 heteroatoms. The van der Waals surface area contributed by atoms with E-state index in [-0.39, 0.29) is 25.9 Å². The number of hydrogen-bond acceptors (Lipinski definition) is 6. The molecule has 0 bridgehead atoms. The van der Waals surface area contributed by atoms with Gasteiger partial charge in [-0.15, -0.1) is 0 Å². The summed E-state index contributed by atoms with van der Waals surface area (Å²) >= 11 is 0. The van der Waals surface area contributed by atoms with Crippen LogP contribution in [0.25, 0.3) is 0 Å². The third kappa shape index (κ3) is 4.26. The lowest BCUT2D eigenvalue weighted by atomic mass is 9.94. The summed E-state index contributed by atoms with van der Waals surface area (Å²) in [4.78, 5) is 22.0. The summed E-state index contributed by atoms with van der Waals surface area (Å²) < 4.78 is 8.75. The van der Waals surface area contributed by atoms with E-state index >= 15 is 0 Å². The molecule has 0 aromatic rings. The van der Waals surface area contributed by atoms with E-state index in [4.69, 9.17) is 5.11 Å². The number of carbonyl (C=O) groups excluding carboxylic acids is 2. The molecule has 88 valence electrons. The van der Waals surface area contributed by atoms with Gasteiger partial charge in [0.15, 0.2) is 5.60 Å². The van der Waals surface area contributed by atoms with Gasteiger partial charge in [0.2, 0.25) is 0 Å². The van der Waals surface area contributed by atoms with Crippen LogP contribution in [0.2, 0.25) is 0 Å². The standard InChI is InChI=1S/C9H16O6/c1-14-7(11)3-4-9(13,5-6-10)8(12)15-2/h10,13H,3-6H2,1-2H3/t9-/m1/s1. The predicted octanol–water partition coefficient (Wildman–Crippen LogP) is -0.774. The molecular weight excluding hydrogens is 204 g/mol. The Hall–Kier alpha value is -1.14. The van der Waals surface area contributed by atoms with Crippen LogP contribution in [0, 0.1) is 0 Å².